The number of hydrogen-bond acceptors (Lipinski definition) is 4. The van der Waals surface area contributed by atoms with E-state index in [-0.39, 0.29) is 29.1 Å². The van der Waals surface area contributed by atoms with Gasteiger partial charge in [-0.15, -0.1) is 0 Å². The number of para-hydroxylation sites is 1. The molecule has 1 fully saturated rings. The Hall–Kier alpha value is -3.14. The fourth-order valence-corrected chi connectivity index (χ4v) is 6.95. The third kappa shape index (κ3) is 7.43. The highest BCUT2D eigenvalue weighted by molar-refractivity contribution is 7.92. The van der Waals surface area contributed by atoms with E-state index in [0.717, 1.165) is 48.0 Å². The van der Waals surface area contributed by atoms with Gasteiger partial charge in [0.05, 0.1) is 10.6 Å². The molecule has 1 N–H and O–H groups in total. The number of anilines is 1. The number of halogens is 3. The lowest BCUT2D eigenvalue weighted by atomic mass is 9.95. The average molecular weight is 635 g/mol. The van der Waals surface area contributed by atoms with Gasteiger partial charge in [-0.3, -0.25) is 13.9 Å². The van der Waals surface area contributed by atoms with Crippen molar-refractivity contribution in [3.05, 3.63) is 93.7 Å². The second kappa shape index (κ2) is 13.9. The van der Waals surface area contributed by atoms with E-state index in [2.05, 4.69) is 5.32 Å². The molecule has 3 aromatic rings. The number of rotatable bonds is 10. The number of carbonyl (C=O) groups excluding carboxylic acids is 2. The quantitative estimate of drug-likeness (QED) is 0.276. The zero-order chi connectivity index (χ0) is 30.4. The minimum absolute atomic E-state index is 0.00798. The van der Waals surface area contributed by atoms with Gasteiger partial charge in [0.2, 0.25) is 11.8 Å². The Bertz CT molecular complexity index is 1510. The van der Waals surface area contributed by atoms with Crippen molar-refractivity contribution in [2.24, 2.45) is 0 Å². The van der Waals surface area contributed by atoms with E-state index in [0.29, 0.717) is 15.6 Å². The molecular formula is C31H34Cl2FN3O4S. The summed E-state index contributed by atoms with van der Waals surface area (Å²) in [5, 5.41) is 3.61. The van der Waals surface area contributed by atoms with E-state index in [1.807, 2.05) is 6.92 Å². The minimum Gasteiger partial charge on any atom is -0.352 e. The van der Waals surface area contributed by atoms with Crippen molar-refractivity contribution in [2.45, 2.75) is 69.5 Å². The van der Waals surface area contributed by atoms with Crippen LogP contribution in [0.5, 0.6) is 0 Å². The second-order valence-corrected chi connectivity index (χ2v) is 13.2. The summed E-state index contributed by atoms with van der Waals surface area (Å²) in [5.41, 5.74) is 0.954. The molecule has 0 saturated heterocycles. The van der Waals surface area contributed by atoms with Crippen molar-refractivity contribution in [3.8, 4) is 0 Å². The van der Waals surface area contributed by atoms with Gasteiger partial charge < -0.3 is 10.2 Å². The summed E-state index contributed by atoms with van der Waals surface area (Å²) in [4.78, 5) is 28.6. The van der Waals surface area contributed by atoms with E-state index in [9.17, 15) is 18.0 Å². The van der Waals surface area contributed by atoms with E-state index < -0.39 is 34.3 Å². The second-order valence-electron chi connectivity index (χ2n) is 10.5. The van der Waals surface area contributed by atoms with Gasteiger partial charge in [0.1, 0.15) is 18.4 Å². The molecule has 7 nitrogen and oxygen atoms in total. The number of aryl methyl sites for hydroxylation is 1. The molecule has 0 aliphatic heterocycles. The molecule has 224 valence electrons. The number of hydrogen-bond donors (Lipinski definition) is 1. The third-order valence-corrected chi connectivity index (χ3v) is 10.0. The SMILES string of the molecule is Cc1ccc(S(=O)(=O)N(CC(=O)N(Cc2c(Cl)cccc2Cl)C(C)C(=O)NC2CCCCC2)c2ccccc2F)cc1. The number of sulfonamides is 1. The maximum atomic E-state index is 15.1. The van der Waals surface area contributed by atoms with Crippen LogP contribution < -0.4 is 9.62 Å². The first-order valence-corrected chi connectivity index (χ1v) is 16.1. The van der Waals surface area contributed by atoms with Gasteiger partial charge in [0.25, 0.3) is 10.0 Å². The van der Waals surface area contributed by atoms with E-state index in [4.69, 9.17) is 23.2 Å². The van der Waals surface area contributed by atoms with Gasteiger partial charge in [-0.25, -0.2) is 12.8 Å². The number of nitrogens with one attached hydrogen (secondary N) is 1. The topological polar surface area (TPSA) is 86.8 Å². The van der Waals surface area contributed by atoms with Gasteiger partial charge >= 0.3 is 0 Å². The number of benzene rings is 3. The van der Waals surface area contributed by atoms with Crippen molar-refractivity contribution in [1.29, 1.82) is 0 Å². The molecule has 1 saturated carbocycles. The molecule has 3 aromatic carbocycles. The highest BCUT2D eigenvalue weighted by atomic mass is 35.5. The van der Waals surface area contributed by atoms with Crippen LogP contribution >= 0.6 is 23.2 Å². The smallest absolute Gasteiger partial charge is 0.264 e. The highest BCUT2D eigenvalue weighted by Crippen LogP contribution is 2.29. The van der Waals surface area contributed by atoms with Crippen LogP contribution in [0.3, 0.4) is 0 Å². The number of carbonyl (C=O) groups is 2. The molecule has 1 atom stereocenters. The minimum atomic E-state index is -4.39. The van der Waals surface area contributed by atoms with Gasteiger partial charge in [-0.2, -0.15) is 0 Å². The molecule has 1 unspecified atom stereocenters. The molecule has 4 rings (SSSR count). The lowest BCUT2D eigenvalue weighted by Crippen LogP contribution is -2.53. The maximum absolute atomic E-state index is 15.1. The molecule has 1 aliphatic carbocycles. The zero-order valence-electron chi connectivity index (χ0n) is 23.5. The summed E-state index contributed by atoms with van der Waals surface area (Å²) in [7, 11) is -4.39. The predicted octanol–water partition coefficient (Wildman–Crippen LogP) is 6.50. The van der Waals surface area contributed by atoms with Gasteiger partial charge in [-0.1, -0.05) is 78.4 Å². The van der Waals surface area contributed by atoms with Gasteiger partial charge in [-0.05, 0) is 63.1 Å². The monoisotopic (exact) mass is 633 g/mol. The molecule has 0 radical (unpaired) electrons. The molecule has 0 bridgehead atoms. The van der Waals surface area contributed by atoms with Crippen LogP contribution in [-0.4, -0.2) is 43.8 Å². The average Bonchev–Trinajstić information content (AvgIpc) is 2.96. The number of nitrogens with zero attached hydrogens (tertiary/aromatic N) is 2. The highest BCUT2D eigenvalue weighted by Gasteiger charge is 2.34. The Morgan fingerprint density at radius 3 is 2.19 bits per heavy atom. The first-order valence-electron chi connectivity index (χ1n) is 13.9. The Labute approximate surface area is 256 Å². The summed E-state index contributed by atoms with van der Waals surface area (Å²) in [6, 6.07) is 15.3. The molecular weight excluding hydrogens is 600 g/mol. The summed E-state index contributed by atoms with van der Waals surface area (Å²) in [6.07, 6.45) is 4.81. The summed E-state index contributed by atoms with van der Waals surface area (Å²) >= 11 is 12.9. The van der Waals surface area contributed by atoms with Crippen LogP contribution in [0, 0.1) is 12.7 Å². The first kappa shape index (κ1) is 31.8. The van der Waals surface area contributed by atoms with Gasteiger partial charge in [0, 0.05) is 28.2 Å². The summed E-state index contributed by atoms with van der Waals surface area (Å²) in [6.45, 7) is 2.46. The fraction of sp³-hybridized carbons (Fsp3) is 0.355. The van der Waals surface area contributed by atoms with Crippen LogP contribution in [0.1, 0.15) is 50.2 Å². The van der Waals surface area contributed by atoms with Gasteiger partial charge in [0.15, 0.2) is 0 Å². The van der Waals surface area contributed by atoms with Crippen molar-refractivity contribution in [1.82, 2.24) is 10.2 Å². The Morgan fingerprint density at radius 1 is 0.952 bits per heavy atom. The molecule has 0 spiro atoms. The van der Waals surface area contributed by atoms with E-state index in [1.54, 1.807) is 37.3 Å². The Morgan fingerprint density at radius 2 is 1.57 bits per heavy atom. The largest absolute Gasteiger partial charge is 0.352 e. The maximum Gasteiger partial charge on any atom is 0.264 e. The van der Waals surface area contributed by atoms with Crippen LogP contribution in [0.15, 0.2) is 71.6 Å². The Balaban J connectivity index is 1.72. The van der Waals surface area contributed by atoms with Crippen LogP contribution in [-0.2, 0) is 26.2 Å². The molecule has 0 heterocycles. The molecule has 11 heteroatoms. The van der Waals surface area contributed by atoms with Crippen molar-refractivity contribution >= 4 is 50.7 Å². The van der Waals surface area contributed by atoms with Crippen molar-refractivity contribution in [2.75, 3.05) is 10.8 Å². The lowest BCUT2D eigenvalue weighted by molar-refractivity contribution is -0.139. The predicted molar refractivity (Wildman–Crippen MR) is 164 cm³/mol. The molecule has 1 aliphatic rings. The standard InChI is InChI=1S/C31H34Cl2FN3O4S/c1-21-15-17-24(18-16-21)42(40,41)37(29-14-7-6-13-28(29)34)20-30(38)36(19-25-26(32)11-8-12-27(25)33)22(2)31(39)35-23-9-4-3-5-10-23/h6-8,11-18,22-23H,3-5,9-10,19-20H2,1-2H3,(H,35,39). The van der Waals surface area contributed by atoms with Crippen LogP contribution in [0.25, 0.3) is 0 Å². The molecule has 0 aromatic heterocycles. The van der Waals surface area contributed by atoms with Crippen molar-refractivity contribution < 1.29 is 22.4 Å². The fourth-order valence-electron chi connectivity index (χ4n) is 5.01. The first-order chi connectivity index (χ1) is 20.0. The van der Waals surface area contributed by atoms with Crippen molar-refractivity contribution in [3.63, 3.8) is 0 Å². The Kier molecular flexibility index (Phi) is 10.5. The normalized spacial score (nSPS) is 14.7. The molecule has 42 heavy (non-hydrogen) atoms. The zero-order valence-corrected chi connectivity index (χ0v) is 25.9. The number of amides is 2. The summed E-state index contributed by atoms with van der Waals surface area (Å²) < 4.78 is 43.5. The summed E-state index contributed by atoms with van der Waals surface area (Å²) in [5.74, 6) is -1.92. The molecule has 2 amide bonds. The van der Waals surface area contributed by atoms with E-state index >= 15 is 4.39 Å². The lowest BCUT2D eigenvalue weighted by Gasteiger charge is -2.33. The van der Waals surface area contributed by atoms with Crippen LogP contribution in [0.2, 0.25) is 10.0 Å². The van der Waals surface area contributed by atoms with E-state index in [1.165, 1.54) is 35.2 Å². The van der Waals surface area contributed by atoms with Crippen LogP contribution in [0.4, 0.5) is 10.1 Å². The third-order valence-electron chi connectivity index (χ3n) is 7.52.